The Morgan fingerprint density at radius 1 is 1.07 bits per heavy atom. The zero-order valence-electron chi connectivity index (χ0n) is 18.4. The number of rotatable bonds is 12. The summed E-state index contributed by atoms with van der Waals surface area (Å²) in [7, 11) is 0. The number of hydrogen-bond donors (Lipinski definition) is 1. The lowest BCUT2D eigenvalue weighted by atomic mass is 10.1. The summed E-state index contributed by atoms with van der Waals surface area (Å²) in [6.45, 7) is 7.06. The van der Waals surface area contributed by atoms with Gasteiger partial charge in [-0.3, -0.25) is 9.59 Å². The molecule has 2 aromatic carbocycles. The molecule has 2 rings (SSSR count). The van der Waals surface area contributed by atoms with Crippen LogP contribution in [0.25, 0.3) is 0 Å². The van der Waals surface area contributed by atoms with Gasteiger partial charge in [0.15, 0.2) is 0 Å². The molecule has 0 saturated heterocycles. The van der Waals surface area contributed by atoms with Crippen LogP contribution in [-0.4, -0.2) is 35.1 Å². The van der Waals surface area contributed by atoms with Crippen molar-refractivity contribution in [3.8, 4) is 0 Å². The number of aryl methyl sites for hydroxylation is 1. The highest BCUT2D eigenvalue weighted by atomic mass is 32.2. The second-order valence-electron chi connectivity index (χ2n) is 7.62. The van der Waals surface area contributed by atoms with Gasteiger partial charge in [0.05, 0.1) is 0 Å². The fourth-order valence-corrected chi connectivity index (χ4v) is 4.08. The summed E-state index contributed by atoms with van der Waals surface area (Å²) in [5.41, 5.74) is 3.46. The fourth-order valence-electron chi connectivity index (χ4n) is 3.19. The molecule has 2 amide bonds. The highest BCUT2D eigenvalue weighted by Crippen LogP contribution is 2.16. The molecule has 0 unspecified atom stereocenters. The van der Waals surface area contributed by atoms with Crippen molar-refractivity contribution in [2.45, 2.75) is 58.4 Å². The number of nitrogens with one attached hydrogen (secondary N) is 1. The van der Waals surface area contributed by atoms with Crippen molar-refractivity contribution in [1.29, 1.82) is 0 Å². The Morgan fingerprint density at radius 2 is 1.80 bits per heavy atom. The highest BCUT2D eigenvalue weighted by molar-refractivity contribution is 7.98. The number of nitrogens with zero attached hydrogens (tertiary/aromatic N) is 1. The van der Waals surface area contributed by atoms with Gasteiger partial charge in [-0.25, -0.2) is 0 Å². The van der Waals surface area contributed by atoms with E-state index in [1.165, 1.54) is 5.56 Å². The third kappa shape index (κ3) is 8.23. The maximum absolute atomic E-state index is 13.1. The summed E-state index contributed by atoms with van der Waals surface area (Å²) < 4.78 is 0. The number of thioether (sulfide) groups is 1. The first kappa shape index (κ1) is 24.0. The molecule has 162 valence electrons. The third-order valence-corrected chi connectivity index (χ3v) is 6.03. The molecule has 30 heavy (non-hydrogen) atoms. The van der Waals surface area contributed by atoms with Gasteiger partial charge in [-0.2, -0.15) is 11.8 Å². The van der Waals surface area contributed by atoms with Crippen LogP contribution in [0.4, 0.5) is 0 Å². The molecule has 2 aromatic rings. The number of unbranched alkanes of at least 4 members (excludes halogenated alkanes) is 1. The summed E-state index contributed by atoms with van der Waals surface area (Å²) in [4.78, 5) is 27.4. The van der Waals surface area contributed by atoms with Gasteiger partial charge < -0.3 is 10.2 Å². The summed E-state index contributed by atoms with van der Waals surface area (Å²) in [6.07, 6.45) is 2.40. The van der Waals surface area contributed by atoms with E-state index < -0.39 is 6.04 Å². The maximum atomic E-state index is 13.1. The molecule has 0 aliphatic heterocycles. The largest absolute Gasteiger partial charge is 0.354 e. The van der Waals surface area contributed by atoms with Crippen LogP contribution in [0.15, 0.2) is 54.6 Å². The highest BCUT2D eigenvalue weighted by Gasteiger charge is 2.25. The predicted molar refractivity (Wildman–Crippen MR) is 126 cm³/mol. The second kappa shape index (κ2) is 13.1. The van der Waals surface area contributed by atoms with Gasteiger partial charge in [0.2, 0.25) is 11.8 Å². The zero-order chi connectivity index (χ0) is 21.8. The van der Waals surface area contributed by atoms with Crippen LogP contribution in [0.1, 0.15) is 49.8 Å². The van der Waals surface area contributed by atoms with Gasteiger partial charge in [-0.05, 0) is 31.4 Å². The number of carbonyl (C=O) groups is 2. The number of benzene rings is 2. The normalized spacial score (nSPS) is 11.7. The summed E-state index contributed by atoms with van der Waals surface area (Å²) >= 11 is 1.75. The van der Waals surface area contributed by atoms with Crippen LogP contribution in [0.5, 0.6) is 0 Å². The monoisotopic (exact) mass is 426 g/mol. The average molecular weight is 427 g/mol. The van der Waals surface area contributed by atoms with E-state index in [0.717, 1.165) is 35.5 Å². The number of amides is 2. The second-order valence-corrected chi connectivity index (χ2v) is 8.72. The molecule has 0 aliphatic carbocycles. The van der Waals surface area contributed by atoms with Gasteiger partial charge >= 0.3 is 0 Å². The van der Waals surface area contributed by atoms with Crippen molar-refractivity contribution in [1.82, 2.24) is 10.2 Å². The van der Waals surface area contributed by atoms with Crippen LogP contribution in [0.3, 0.4) is 0 Å². The molecular weight excluding hydrogens is 392 g/mol. The van der Waals surface area contributed by atoms with Gasteiger partial charge in [0.1, 0.15) is 6.04 Å². The lowest BCUT2D eigenvalue weighted by Crippen LogP contribution is -2.47. The Bertz CT molecular complexity index is 795. The quantitative estimate of drug-likeness (QED) is 0.489. The summed E-state index contributed by atoms with van der Waals surface area (Å²) in [6, 6.07) is 17.9. The van der Waals surface area contributed by atoms with Gasteiger partial charge in [0, 0.05) is 31.0 Å². The topological polar surface area (TPSA) is 49.4 Å². The standard InChI is InChI=1S/C25H34N2O2S/c1-4-5-15-26-25(29)21(3)27(18-23-13-9-10-20(2)17-23)24(28)14-16-30-19-22-11-7-6-8-12-22/h6-13,17,21H,4-5,14-16,18-19H2,1-3H3,(H,26,29)/t21-/m0/s1. The molecule has 0 spiro atoms. The zero-order valence-corrected chi connectivity index (χ0v) is 19.2. The van der Waals surface area contributed by atoms with Crippen LogP contribution in [0, 0.1) is 6.92 Å². The lowest BCUT2D eigenvalue weighted by molar-refractivity contribution is -0.140. The minimum Gasteiger partial charge on any atom is -0.354 e. The van der Waals surface area contributed by atoms with Crippen molar-refractivity contribution in [2.24, 2.45) is 0 Å². The van der Waals surface area contributed by atoms with Gasteiger partial charge in [0.25, 0.3) is 0 Å². The molecule has 4 nitrogen and oxygen atoms in total. The summed E-state index contributed by atoms with van der Waals surface area (Å²) in [5.74, 6) is 1.57. The Kier molecular flexibility index (Phi) is 10.5. The molecule has 0 saturated carbocycles. The fraction of sp³-hybridized carbons (Fsp3) is 0.440. The van der Waals surface area contributed by atoms with Crippen molar-refractivity contribution in [2.75, 3.05) is 12.3 Å². The molecule has 0 aliphatic rings. The Hall–Kier alpha value is -2.27. The Labute approximate surface area is 185 Å². The molecule has 0 aromatic heterocycles. The van der Waals surface area contributed by atoms with Crippen molar-refractivity contribution >= 4 is 23.6 Å². The van der Waals surface area contributed by atoms with Crippen molar-refractivity contribution in [3.63, 3.8) is 0 Å². The molecule has 1 atom stereocenters. The molecule has 1 N–H and O–H groups in total. The molecule has 0 bridgehead atoms. The van der Waals surface area contributed by atoms with Crippen molar-refractivity contribution < 1.29 is 9.59 Å². The average Bonchev–Trinajstić information content (AvgIpc) is 2.75. The number of hydrogen-bond acceptors (Lipinski definition) is 3. The minimum absolute atomic E-state index is 0.0233. The first-order valence-electron chi connectivity index (χ1n) is 10.8. The first-order chi connectivity index (χ1) is 14.5. The number of carbonyl (C=O) groups excluding carboxylic acids is 2. The SMILES string of the molecule is CCCCNC(=O)[C@H](C)N(Cc1cccc(C)c1)C(=O)CCSCc1ccccc1. The van der Waals surface area contributed by atoms with Gasteiger partial charge in [-0.1, -0.05) is 73.5 Å². The summed E-state index contributed by atoms with van der Waals surface area (Å²) in [5, 5.41) is 2.97. The van der Waals surface area contributed by atoms with E-state index in [2.05, 4.69) is 30.4 Å². The van der Waals surface area contributed by atoms with Crippen LogP contribution >= 0.6 is 11.8 Å². The first-order valence-corrected chi connectivity index (χ1v) is 11.9. The smallest absolute Gasteiger partial charge is 0.242 e. The maximum Gasteiger partial charge on any atom is 0.242 e. The lowest BCUT2D eigenvalue weighted by Gasteiger charge is -2.29. The molecule has 0 fully saturated rings. The van der Waals surface area contributed by atoms with E-state index >= 15 is 0 Å². The van der Waals surface area contributed by atoms with Gasteiger partial charge in [-0.15, -0.1) is 0 Å². The Morgan fingerprint density at radius 3 is 2.50 bits per heavy atom. The predicted octanol–water partition coefficient (Wildman–Crippen LogP) is 4.95. The van der Waals surface area contributed by atoms with Crippen LogP contribution in [0.2, 0.25) is 0 Å². The van der Waals surface area contributed by atoms with E-state index in [1.54, 1.807) is 16.7 Å². The molecular formula is C25H34N2O2S. The van der Waals surface area contributed by atoms with E-state index in [1.807, 2.05) is 50.2 Å². The van der Waals surface area contributed by atoms with Crippen LogP contribution in [-0.2, 0) is 21.9 Å². The Balaban J connectivity index is 1.97. The van der Waals surface area contributed by atoms with Crippen molar-refractivity contribution in [3.05, 3.63) is 71.3 Å². The van der Waals surface area contributed by atoms with E-state index in [-0.39, 0.29) is 11.8 Å². The van der Waals surface area contributed by atoms with E-state index in [9.17, 15) is 9.59 Å². The van der Waals surface area contributed by atoms with E-state index in [0.29, 0.717) is 19.5 Å². The molecule has 0 heterocycles. The molecule has 0 radical (unpaired) electrons. The third-order valence-electron chi connectivity index (χ3n) is 5.00. The minimum atomic E-state index is -0.492. The van der Waals surface area contributed by atoms with Crippen LogP contribution < -0.4 is 5.32 Å². The molecule has 5 heteroatoms. The van der Waals surface area contributed by atoms with E-state index in [4.69, 9.17) is 0 Å².